The van der Waals surface area contributed by atoms with Crippen LogP contribution in [0.1, 0.15) is 29.6 Å². The first kappa shape index (κ1) is 12.9. The summed E-state index contributed by atoms with van der Waals surface area (Å²) in [6.07, 6.45) is 3.07. The van der Waals surface area contributed by atoms with Crippen LogP contribution in [0, 0.1) is 0 Å². The molecular weight excluding hydrogens is 254 g/mol. The van der Waals surface area contributed by atoms with Gasteiger partial charge in [-0.25, -0.2) is 0 Å². The topological polar surface area (TPSA) is 55.4 Å². The maximum Gasteiger partial charge on any atom is 0.223 e. The van der Waals surface area contributed by atoms with Gasteiger partial charge in [0, 0.05) is 6.04 Å². The van der Waals surface area contributed by atoms with Crippen molar-refractivity contribution in [3.8, 4) is 5.75 Å². The van der Waals surface area contributed by atoms with E-state index >= 15 is 0 Å². The highest BCUT2D eigenvalue weighted by molar-refractivity contribution is 6.33. The van der Waals surface area contributed by atoms with Crippen LogP contribution in [0.4, 0.5) is 0 Å². The molecule has 0 aromatic heterocycles. The van der Waals surface area contributed by atoms with Gasteiger partial charge in [-0.05, 0) is 25.0 Å². The Morgan fingerprint density at radius 2 is 2.28 bits per heavy atom. The van der Waals surface area contributed by atoms with Crippen molar-refractivity contribution in [1.29, 1.82) is 0 Å². The van der Waals surface area contributed by atoms with Gasteiger partial charge in [-0.1, -0.05) is 17.7 Å². The number of rotatable bonds is 6. The second-order valence-electron chi connectivity index (χ2n) is 4.21. The van der Waals surface area contributed by atoms with E-state index in [0.29, 0.717) is 28.7 Å². The van der Waals surface area contributed by atoms with Crippen molar-refractivity contribution >= 4 is 23.8 Å². The van der Waals surface area contributed by atoms with Crippen LogP contribution in [-0.4, -0.2) is 24.8 Å². The summed E-state index contributed by atoms with van der Waals surface area (Å²) in [6, 6.07) is 5.34. The van der Waals surface area contributed by atoms with Crippen molar-refractivity contribution in [2.45, 2.75) is 25.3 Å². The molecular formula is C13H14ClNO3. The Morgan fingerprint density at radius 3 is 2.94 bits per heavy atom. The number of carbonyl (C=O) groups is 2. The maximum atomic E-state index is 11.4. The van der Waals surface area contributed by atoms with Gasteiger partial charge in [-0.3, -0.25) is 9.59 Å². The standard InChI is InChI=1S/C13H14ClNO3/c14-11-2-1-3-12(10(11)8-16)18-7-6-13(17)15-9-4-5-9/h1-3,8-9H,4-7H2,(H,15,17). The summed E-state index contributed by atoms with van der Waals surface area (Å²) >= 11 is 5.86. The second-order valence-corrected chi connectivity index (χ2v) is 4.62. The number of hydrogen-bond acceptors (Lipinski definition) is 3. The molecule has 1 aliphatic carbocycles. The third-order valence-corrected chi connectivity index (χ3v) is 2.99. The summed E-state index contributed by atoms with van der Waals surface area (Å²) in [6.45, 7) is 0.236. The molecule has 18 heavy (non-hydrogen) atoms. The molecule has 1 saturated carbocycles. The zero-order chi connectivity index (χ0) is 13.0. The number of aldehydes is 1. The van der Waals surface area contributed by atoms with Crippen molar-refractivity contribution in [1.82, 2.24) is 5.32 Å². The molecule has 0 atom stereocenters. The third kappa shape index (κ3) is 3.47. The van der Waals surface area contributed by atoms with E-state index in [9.17, 15) is 9.59 Å². The Balaban J connectivity index is 1.83. The smallest absolute Gasteiger partial charge is 0.223 e. The van der Waals surface area contributed by atoms with E-state index in [2.05, 4.69) is 5.32 Å². The Labute approximate surface area is 110 Å². The number of ether oxygens (including phenoxy) is 1. The summed E-state index contributed by atoms with van der Waals surface area (Å²) in [5.74, 6) is 0.393. The van der Waals surface area contributed by atoms with Crippen LogP contribution in [0.15, 0.2) is 18.2 Å². The van der Waals surface area contributed by atoms with Gasteiger partial charge >= 0.3 is 0 Å². The molecule has 0 heterocycles. The predicted octanol–water partition coefficient (Wildman–Crippen LogP) is 2.20. The average molecular weight is 268 g/mol. The number of benzene rings is 1. The monoisotopic (exact) mass is 267 g/mol. The number of amides is 1. The van der Waals surface area contributed by atoms with E-state index in [1.165, 1.54) is 0 Å². The molecule has 5 heteroatoms. The highest BCUT2D eigenvalue weighted by Crippen LogP contribution is 2.24. The first-order valence-corrected chi connectivity index (χ1v) is 6.24. The van der Waals surface area contributed by atoms with Gasteiger partial charge in [0.15, 0.2) is 6.29 Å². The minimum Gasteiger partial charge on any atom is -0.492 e. The first-order chi connectivity index (χ1) is 8.70. The molecule has 0 unspecified atom stereocenters. The van der Waals surface area contributed by atoms with Crippen LogP contribution in [0.3, 0.4) is 0 Å². The molecule has 1 amide bonds. The molecule has 0 saturated heterocycles. The Kier molecular flexibility index (Phi) is 4.20. The maximum absolute atomic E-state index is 11.4. The summed E-state index contributed by atoms with van der Waals surface area (Å²) in [7, 11) is 0. The van der Waals surface area contributed by atoms with Crippen LogP contribution in [0.5, 0.6) is 5.75 Å². The molecule has 2 rings (SSSR count). The number of nitrogens with one attached hydrogen (secondary N) is 1. The predicted molar refractivity (Wildman–Crippen MR) is 68.1 cm³/mol. The molecule has 1 aromatic rings. The van der Waals surface area contributed by atoms with Crippen molar-refractivity contribution in [2.24, 2.45) is 0 Å². The van der Waals surface area contributed by atoms with E-state index in [1.807, 2.05) is 0 Å². The fraction of sp³-hybridized carbons (Fsp3) is 0.385. The molecule has 0 aliphatic heterocycles. The highest BCUT2D eigenvalue weighted by Gasteiger charge is 2.22. The molecule has 1 aliphatic rings. The van der Waals surface area contributed by atoms with Gasteiger partial charge in [0.1, 0.15) is 5.75 Å². The zero-order valence-electron chi connectivity index (χ0n) is 9.82. The van der Waals surface area contributed by atoms with Gasteiger partial charge in [-0.2, -0.15) is 0 Å². The van der Waals surface area contributed by atoms with Crippen molar-refractivity contribution in [3.63, 3.8) is 0 Å². The van der Waals surface area contributed by atoms with Gasteiger partial charge < -0.3 is 10.1 Å². The van der Waals surface area contributed by atoms with Gasteiger partial charge in [0.25, 0.3) is 0 Å². The molecule has 1 aromatic carbocycles. The lowest BCUT2D eigenvalue weighted by Gasteiger charge is -2.09. The number of halogens is 1. The summed E-state index contributed by atoms with van der Waals surface area (Å²) in [4.78, 5) is 22.3. The Bertz CT molecular complexity index is 458. The Hall–Kier alpha value is -1.55. The van der Waals surface area contributed by atoms with Crippen LogP contribution in [-0.2, 0) is 4.79 Å². The fourth-order valence-corrected chi connectivity index (χ4v) is 1.75. The first-order valence-electron chi connectivity index (χ1n) is 5.86. The van der Waals surface area contributed by atoms with Crippen molar-refractivity contribution in [3.05, 3.63) is 28.8 Å². The van der Waals surface area contributed by atoms with Crippen LogP contribution in [0.2, 0.25) is 5.02 Å². The van der Waals surface area contributed by atoms with Gasteiger partial charge in [0.2, 0.25) is 5.91 Å². The van der Waals surface area contributed by atoms with Gasteiger partial charge in [-0.15, -0.1) is 0 Å². The van der Waals surface area contributed by atoms with Crippen molar-refractivity contribution < 1.29 is 14.3 Å². The SMILES string of the molecule is O=Cc1c(Cl)cccc1OCCC(=O)NC1CC1. The second kappa shape index (κ2) is 5.87. The normalized spacial score (nSPS) is 14.1. The van der Waals surface area contributed by atoms with E-state index in [0.717, 1.165) is 12.8 Å². The molecule has 4 nitrogen and oxygen atoms in total. The highest BCUT2D eigenvalue weighted by atomic mass is 35.5. The minimum absolute atomic E-state index is 0.0211. The van der Waals surface area contributed by atoms with E-state index in [1.54, 1.807) is 18.2 Å². The fourth-order valence-electron chi connectivity index (χ4n) is 1.54. The van der Waals surface area contributed by atoms with E-state index in [4.69, 9.17) is 16.3 Å². The van der Waals surface area contributed by atoms with Crippen LogP contribution >= 0.6 is 11.6 Å². The largest absolute Gasteiger partial charge is 0.492 e. The zero-order valence-corrected chi connectivity index (χ0v) is 10.6. The lowest BCUT2D eigenvalue weighted by molar-refractivity contribution is -0.121. The minimum atomic E-state index is -0.0211. The van der Waals surface area contributed by atoms with Gasteiger partial charge in [0.05, 0.1) is 23.6 Å². The average Bonchev–Trinajstić information content (AvgIpc) is 3.13. The molecule has 1 N–H and O–H groups in total. The quantitative estimate of drug-likeness (QED) is 0.804. The number of carbonyl (C=O) groups excluding carboxylic acids is 2. The Morgan fingerprint density at radius 1 is 1.50 bits per heavy atom. The van der Waals surface area contributed by atoms with Crippen LogP contribution in [0.25, 0.3) is 0 Å². The third-order valence-electron chi connectivity index (χ3n) is 2.66. The molecule has 0 spiro atoms. The lowest BCUT2D eigenvalue weighted by Crippen LogP contribution is -2.26. The van der Waals surface area contributed by atoms with Crippen molar-refractivity contribution in [2.75, 3.05) is 6.61 Å². The van der Waals surface area contributed by atoms with Crippen LogP contribution < -0.4 is 10.1 Å². The number of hydrogen-bond donors (Lipinski definition) is 1. The summed E-state index contributed by atoms with van der Waals surface area (Å²) in [5, 5.41) is 3.22. The molecule has 1 fully saturated rings. The molecule has 0 bridgehead atoms. The summed E-state index contributed by atoms with van der Waals surface area (Å²) < 4.78 is 5.40. The van der Waals surface area contributed by atoms with E-state index in [-0.39, 0.29) is 18.9 Å². The van der Waals surface area contributed by atoms with E-state index < -0.39 is 0 Å². The molecule has 96 valence electrons. The molecule has 0 radical (unpaired) electrons. The lowest BCUT2D eigenvalue weighted by atomic mass is 10.2. The summed E-state index contributed by atoms with van der Waals surface area (Å²) in [5.41, 5.74) is 0.321.